The highest BCUT2D eigenvalue weighted by atomic mass is 33.1. The zero-order valence-corrected chi connectivity index (χ0v) is 7.69. The average molecular weight is 166 g/mol. The van der Waals surface area contributed by atoms with Crippen LogP contribution in [0.25, 0.3) is 0 Å². The van der Waals surface area contributed by atoms with E-state index < -0.39 is 9.83 Å². The van der Waals surface area contributed by atoms with Crippen molar-refractivity contribution in [3.8, 4) is 0 Å². The van der Waals surface area contributed by atoms with Crippen molar-refractivity contribution in [3.05, 3.63) is 0 Å². The first-order chi connectivity index (χ1) is 4.31. The zero-order valence-electron chi connectivity index (χ0n) is 6.05. The zero-order chi connectivity index (χ0) is 7.11. The molecule has 56 valence electrons. The Labute approximate surface area is 63.5 Å². The monoisotopic (exact) mass is 166 g/mol. The summed E-state index contributed by atoms with van der Waals surface area (Å²) in [6.07, 6.45) is 2.16. The highest BCUT2D eigenvalue weighted by Crippen LogP contribution is 2.09. The second-order valence-electron chi connectivity index (χ2n) is 1.83. The van der Waals surface area contributed by atoms with Gasteiger partial charge in [-0.2, -0.15) is 0 Å². The van der Waals surface area contributed by atoms with Gasteiger partial charge in [0, 0.05) is 11.5 Å². The summed E-state index contributed by atoms with van der Waals surface area (Å²) in [5.41, 5.74) is 0. The summed E-state index contributed by atoms with van der Waals surface area (Å²) in [6, 6.07) is 0. The van der Waals surface area contributed by atoms with E-state index in [4.69, 9.17) is 0 Å². The molecule has 1 nitrogen and oxygen atoms in total. The van der Waals surface area contributed by atoms with Crippen LogP contribution in [0.2, 0.25) is 0 Å². The Hall–Kier alpha value is 0.500. The summed E-state index contributed by atoms with van der Waals surface area (Å²) < 4.78 is 10.9. The van der Waals surface area contributed by atoms with Gasteiger partial charge < -0.3 is 0 Å². The van der Waals surface area contributed by atoms with Gasteiger partial charge in [0.25, 0.3) is 0 Å². The Morgan fingerprint density at radius 3 is 2.44 bits per heavy atom. The number of hydrogen-bond acceptors (Lipinski definition) is 2. The molecule has 0 aromatic rings. The predicted octanol–water partition coefficient (Wildman–Crippen LogP) is 2.20. The molecule has 0 fully saturated rings. The van der Waals surface area contributed by atoms with Crippen LogP contribution in [0.15, 0.2) is 0 Å². The van der Waals surface area contributed by atoms with E-state index in [2.05, 4.69) is 13.8 Å². The van der Waals surface area contributed by atoms with Crippen LogP contribution in [0.4, 0.5) is 0 Å². The van der Waals surface area contributed by atoms with Crippen molar-refractivity contribution >= 4 is 20.6 Å². The first-order valence-electron chi connectivity index (χ1n) is 3.32. The Morgan fingerprint density at radius 1 is 1.33 bits per heavy atom. The fraction of sp³-hybridized carbons (Fsp3) is 1.00. The van der Waals surface area contributed by atoms with Gasteiger partial charge in [-0.15, -0.1) is 0 Å². The molecule has 0 aromatic carbocycles. The third-order valence-corrected chi connectivity index (χ3v) is 4.16. The van der Waals surface area contributed by atoms with Crippen LogP contribution in [0.3, 0.4) is 0 Å². The number of rotatable bonds is 5. The minimum absolute atomic E-state index is 0.603. The molecule has 0 bridgehead atoms. The summed E-state index contributed by atoms with van der Waals surface area (Å²) in [4.78, 5) is 0. The molecule has 3 heteroatoms. The fourth-order valence-corrected chi connectivity index (χ4v) is 3.12. The summed E-state index contributed by atoms with van der Waals surface area (Å²) >= 11 is 0. The summed E-state index contributed by atoms with van der Waals surface area (Å²) in [7, 11) is 0.970. The van der Waals surface area contributed by atoms with Crippen LogP contribution in [0.1, 0.15) is 26.7 Å². The van der Waals surface area contributed by atoms with Crippen molar-refractivity contribution < 1.29 is 4.21 Å². The van der Waals surface area contributed by atoms with Gasteiger partial charge in [0.1, 0.15) is 0 Å². The highest BCUT2D eigenvalue weighted by Gasteiger charge is 1.95. The summed E-state index contributed by atoms with van der Waals surface area (Å²) in [5, 5.41) is 0. The van der Waals surface area contributed by atoms with Crippen molar-refractivity contribution in [2.45, 2.75) is 26.7 Å². The van der Waals surface area contributed by atoms with Gasteiger partial charge >= 0.3 is 0 Å². The van der Waals surface area contributed by atoms with Crippen molar-refractivity contribution in [3.63, 3.8) is 0 Å². The Balaban J connectivity index is 3.06. The lowest BCUT2D eigenvalue weighted by Gasteiger charge is -1.95. The van der Waals surface area contributed by atoms with Crippen molar-refractivity contribution in [1.29, 1.82) is 0 Å². The van der Waals surface area contributed by atoms with Crippen molar-refractivity contribution in [2.75, 3.05) is 11.5 Å². The topological polar surface area (TPSA) is 17.1 Å². The molecule has 0 aromatic heterocycles. The van der Waals surface area contributed by atoms with E-state index in [1.165, 1.54) is 0 Å². The van der Waals surface area contributed by atoms with E-state index in [9.17, 15) is 4.21 Å². The largest absolute Gasteiger partial charge is 0.248 e. The molecule has 0 aliphatic carbocycles. The Bertz CT molecular complexity index is 83.1. The molecular formula is C6H14OS2. The second-order valence-corrected chi connectivity index (χ2v) is 5.31. The summed E-state index contributed by atoms with van der Waals surface area (Å²) in [5.74, 6) is 1.89. The van der Waals surface area contributed by atoms with Crippen LogP contribution in [0.5, 0.6) is 0 Å². The van der Waals surface area contributed by atoms with Gasteiger partial charge in [-0.25, -0.2) is 4.21 Å². The molecule has 0 amide bonds. The van der Waals surface area contributed by atoms with E-state index in [0.29, 0.717) is 0 Å². The molecular weight excluding hydrogens is 152 g/mol. The van der Waals surface area contributed by atoms with Gasteiger partial charge in [-0.1, -0.05) is 24.6 Å². The molecule has 0 spiro atoms. The molecule has 0 radical (unpaired) electrons. The molecule has 0 heterocycles. The molecule has 0 aliphatic rings. The molecule has 1 atom stereocenters. The van der Waals surface area contributed by atoms with E-state index in [1.807, 2.05) is 0 Å². The van der Waals surface area contributed by atoms with Crippen LogP contribution in [-0.4, -0.2) is 15.7 Å². The first kappa shape index (κ1) is 9.50. The Kier molecular flexibility index (Phi) is 6.99. The summed E-state index contributed by atoms with van der Waals surface area (Å²) in [6.45, 7) is 4.17. The third-order valence-electron chi connectivity index (χ3n) is 0.790. The van der Waals surface area contributed by atoms with Gasteiger partial charge in [0.05, 0.1) is 9.83 Å². The second kappa shape index (κ2) is 6.62. The highest BCUT2D eigenvalue weighted by molar-refractivity contribution is 8.69. The number of hydrogen-bond donors (Lipinski definition) is 0. The predicted molar refractivity (Wildman–Crippen MR) is 46.0 cm³/mol. The molecule has 0 aliphatic heterocycles. The minimum Gasteiger partial charge on any atom is -0.248 e. The average Bonchev–Trinajstić information content (AvgIpc) is 1.85. The molecule has 0 saturated carbocycles. The van der Waals surface area contributed by atoms with Crippen molar-refractivity contribution in [1.82, 2.24) is 0 Å². The van der Waals surface area contributed by atoms with Gasteiger partial charge in [0.15, 0.2) is 0 Å². The fourth-order valence-electron chi connectivity index (χ4n) is 0.402. The molecule has 0 N–H and O–H groups in total. The SMILES string of the molecule is CCCSS(=O)CCC. The quantitative estimate of drug-likeness (QED) is 0.582. The lowest BCUT2D eigenvalue weighted by atomic mass is 10.6. The van der Waals surface area contributed by atoms with E-state index >= 15 is 0 Å². The maximum absolute atomic E-state index is 10.9. The molecule has 0 saturated heterocycles. The van der Waals surface area contributed by atoms with E-state index in [-0.39, 0.29) is 0 Å². The van der Waals surface area contributed by atoms with Gasteiger partial charge in [-0.3, -0.25) is 0 Å². The first-order valence-corrected chi connectivity index (χ1v) is 6.15. The third kappa shape index (κ3) is 6.38. The maximum Gasteiger partial charge on any atom is 0.0803 e. The Morgan fingerprint density at radius 2 is 2.00 bits per heavy atom. The lowest BCUT2D eigenvalue weighted by molar-refractivity contribution is 0.690. The molecule has 9 heavy (non-hydrogen) atoms. The van der Waals surface area contributed by atoms with Crippen LogP contribution >= 0.6 is 10.8 Å². The van der Waals surface area contributed by atoms with E-state index in [0.717, 1.165) is 24.3 Å². The van der Waals surface area contributed by atoms with Gasteiger partial charge in [-0.05, 0) is 12.8 Å². The standard InChI is InChI=1S/C6H14OS2/c1-3-5-8-9(7)6-4-2/h3-6H2,1-2H3. The minimum atomic E-state index is -0.603. The normalized spacial score (nSPS) is 13.6. The smallest absolute Gasteiger partial charge is 0.0803 e. The van der Waals surface area contributed by atoms with Crippen LogP contribution in [-0.2, 0) is 9.83 Å². The van der Waals surface area contributed by atoms with Crippen LogP contribution in [0, 0.1) is 0 Å². The maximum atomic E-state index is 10.9. The van der Waals surface area contributed by atoms with E-state index in [1.54, 1.807) is 10.8 Å². The van der Waals surface area contributed by atoms with Crippen molar-refractivity contribution in [2.24, 2.45) is 0 Å². The molecule has 0 rings (SSSR count). The lowest BCUT2D eigenvalue weighted by Crippen LogP contribution is -1.90. The molecule has 1 unspecified atom stereocenters. The van der Waals surface area contributed by atoms with Crippen LogP contribution < -0.4 is 0 Å². The van der Waals surface area contributed by atoms with Gasteiger partial charge in [0.2, 0.25) is 0 Å².